The molecule has 1 aliphatic rings. The molecule has 0 amide bonds. The van der Waals surface area contributed by atoms with Crippen molar-refractivity contribution in [2.45, 2.75) is 13.0 Å². The zero-order valence-electron chi connectivity index (χ0n) is 10.0. The summed E-state index contributed by atoms with van der Waals surface area (Å²) in [5.74, 6) is -1.22. The smallest absolute Gasteiger partial charge is 0.201 e. The molecule has 1 heterocycles. The molecule has 0 aliphatic heterocycles. The molecule has 0 fully saturated rings. The minimum absolute atomic E-state index is 0.0198. The van der Waals surface area contributed by atoms with Gasteiger partial charge in [0.2, 0.25) is 5.78 Å². The molecule has 19 heavy (non-hydrogen) atoms. The third kappa shape index (κ3) is 1.45. The first kappa shape index (κ1) is 11.7. The molecule has 1 atom stereocenters. The lowest BCUT2D eigenvalue weighted by molar-refractivity contribution is 0.0962. The van der Waals surface area contributed by atoms with Gasteiger partial charge in [0.15, 0.2) is 11.5 Å². The SMILES string of the molecule is CC(=O)c1occ2c1C(=O)c1c(O)cccc1C2O. The summed E-state index contributed by atoms with van der Waals surface area (Å²) in [6, 6.07) is 4.46. The second-order valence-electron chi connectivity index (χ2n) is 4.42. The van der Waals surface area contributed by atoms with Gasteiger partial charge in [-0.1, -0.05) is 12.1 Å². The number of furan rings is 1. The van der Waals surface area contributed by atoms with Crippen molar-refractivity contribution in [2.75, 3.05) is 0 Å². The van der Waals surface area contributed by atoms with Crippen LogP contribution in [0.15, 0.2) is 28.9 Å². The summed E-state index contributed by atoms with van der Waals surface area (Å²) in [7, 11) is 0. The van der Waals surface area contributed by atoms with Crippen LogP contribution in [0.1, 0.15) is 50.6 Å². The van der Waals surface area contributed by atoms with E-state index in [2.05, 4.69) is 0 Å². The molecule has 0 bridgehead atoms. The number of hydrogen-bond acceptors (Lipinski definition) is 5. The first-order valence-electron chi connectivity index (χ1n) is 5.69. The topological polar surface area (TPSA) is 87.7 Å². The minimum atomic E-state index is -1.09. The molecule has 1 aromatic carbocycles. The highest BCUT2D eigenvalue weighted by atomic mass is 16.3. The number of aromatic hydroxyl groups is 1. The summed E-state index contributed by atoms with van der Waals surface area (Å²) >= 11 is 0. The lowest BCUT2D eigenvalue weighted by atomic mass is 9.83. The maximum atomic E-state index is 12.4. The Kier molecular flexibility index (Phi) is 2.33. The van der Waals surface area contributed by atoms with Gasteiger partial charge in [0.25, 0.3) is 0 Å². The number of Topliss-reactive ketones (excluding diaryl/α,β-unsaturated/α-hetero) is 1. The summed E-state index contributed by atoms with van der Waals surface area (Å²) in [5.41, 5.74) is 0.627. The lowest BCUT2D eigenvalue weighted by Crippen LogP contribution is -2.19. The Hall–Kier alpha value is -2.40. The quantitative estimate of drug-likeness (QED) is 0.762. The van der Waals surface area contributed by atoms with Crippen LogP contribution in [0.5, 0.6) is 5.75 Å². The van der Waals surface area contributed by atoms with Crippen LogP contribution in [-0.4, -0.2) is 21.8 Å². The number of carbonyl (C=O) groups excluding carboxylic acids is 2. The zero-order chi connectivity index (χ0) is 13.7. The number of benzene rings is 1. The van der Waals surface area contributed by atoms with E-state index in [9.17, 15) is 19.8 Å². The van der Waals surface area contributed by atoms with Gasteiger partial charge in [-0.05, 0) is 11.6 Å². The highest BCUT2D eigenvalue weighted by Gasteiger charge is 2.37. The van der Waals surface area contributed by atoms with E-state index in [1.54, 1.807) is 12.1 Å². The van der Waals surface area contributed by atoms with E-state index in [-0.39, 0.29) is 28.2 Å². The van der Waals surface area contributed by atoms with Gasteiger partial charge < -0.3 is 14.6 Å². The molecule has 3 rings (SSSR count). The fourth-order valence-electron chi connectivity index (χ4n) is 2.39. The van der Waals surface area contributed by atoms with E-state index in [1.165, 1.54) is 19.3 Å². The average Bonchev–Trinajstić information content (AvgIpc) is 2.81. The summed E-state index contributed by atoms with van der Waals surface area (Å²) < 4.78 is 5.08. The zero-order valence-corrected chi connectivity index (χ0v) is 10.0. The van der Waals surface area contributed by atoms with Crippen LogP contribution >= 0.6 is 0 Å². The summed E-state index contributed by atoms with van der Waals surface area (Å²) in [5, 5.41) is 20.0. The number of aliphatic hydroxyl groups is 1. The minimum Gasteiger partial charge on any atom is -0.507 e. The monoisotopic (exact) mass is 258 g/mol. The maximum Gasteiger partial charge on any atom is 0.201 e. The van der Waals surface area contributed by atoms with Crippen molar-refractivity contribution in [2.24, 2.45) is 0 Å². The molecule has 0 saturated heterocycles. The molecule has 5 heteroatoms. The van der Waals surface area contributed by atoms with E-state index < -0.39 is 17.7 Å². The van der Waals surface area contributed by atoms with Gasteiger partial charge in [-0.2, -0.15) is 0 Å². The first-order valence-corrected chi connectivity index (χ1v) is 5.69. The van der Waals surface area contributed by atoms with E-state index in [0.29, 0.717) is 5.56 Å². The van der Waals surface area contributed by atoms with Crippen molar-refractivity contribution in [3.63, 3.8) is 0 Å². The fourth-order valence-corrected chi connectivity index (χ4v) is 2.39. The van der Waals surface area contributed by atoms with E-state index in [4.69, 9.17) is 4.42 Å². The summed E-state index contributed by atoms with van der Waals surface area (Å²) in [4.78, 5) is 23.8. The van der Waals surface area contributed by atoms with Crippen molar-refractivity contribution in [1.82, 2.24) is 0 Å². The first-order chi connectivity index (χ1) is 9.02. The van der Waals surface area contributed by atoms with Crippen LogP contribution in [0.2, 0.25) is 0 Å². The molecule has 96 valence electrons. The highest BCUT2D eigenvalue weighted by Crippen LogP contribution is 2.40. The Bertz CT molecular complexity index is 711. The Balaban J connectivity index is 2.32. The van der Waals surface area contributed by atoms with Gasteiger partial charge in [0.1, 0.15) is 11.9 Å². The fraction of sp³-hybridized carbons (Fsp3) is 0.143. The number of rotatable bonds is 1. The molecule has 1 aliphatic carbocycles. The molecular weight excluding hydrogens is 248 g/mol. The number of carbonyl (C=O) groups is 2. The predicted octanol–water partition coefficient (Wildman–Crippen LogP) is 1.81. The van der Waals surface area contributed by atoms with E-state index in [0.717, 1.165) is 0 Å². The predicted molar refractivity (Wildman–Crippen MR) is 64.3 cm³/mol. The van der Waals surface area contributed by atoms with Gasteiger partial charge in [0, 0.05) is 12.5 Å². The van der Waals surface area contributed by atoms with Gasteiger partial charge in [-0.3, -0.25) is 9.59 Å². The second kappa shape index (κ2) is 3.80. The van der Waals surface area contributed by atoms with Crippen molar-refractivity contribution in [3.05, 3.63) is 52.5 Å². The van der Waals surface area contributed by atoms with Gasteiger partial charge in [0.05, 0.1) is 17.4 Å². The molecule has 1 aromatic heterocycles. The van der Waals surface area contributed by atoms with Crippen molar-refractivity contribution < 1.29 is 24.2 Å². The maximum absolute atomic E-state index is 12.4. The van der Waals surface area contributed by atoms with Crippen molar-refractivity contribution >= 4 is 11.6 Å². The average molecular weight is 258 g/mol. The second-order valence-corrected chi connectivity index (χ2v) is 4.42. The van der Waals surface area contributed by atoms with E-state index >= 15 is 0 Å². The Morgan fingerprint density at radius 2 is 2.00 bits per heavy atom. The molecule has 2 N–H and O–H groups in total. The number of phenolic OH excluding ortho intramolecular Hbond substituents is 1. The van der Waals surface area contributed by atoms with Gasteiger partial charge in [-0.25, -0.2) is 0 Å². The third-order valence-electron chi connectivity index (χ3n) is 3.26. The van der Waals surface area contributed by atoms with Crippen molar-refractivity contribution in [3.8, 4) is 5.75 Å². The van der Waals surface area contributed by atoms with Gasteiger partial charge >= 0.3 is 0 Å². The Morgan fingerprint density at radius 3 is 2.68 bits per heavy atom. The molecule has 0 spiro atoms. The molecule has 5 nitrogen and oxygen atoms in total. The highest BCUT2D eigenvalue weighted by molar-refractivity contribution is 6.18. The number of aliphatic hydroxyl groups excluding tert-OH is 1. The number of ketones is 2. The normalized spacial score (nSPS) is 16.9. The standard InChI is InChI=1S/C14H10O5/c1-6(15)14-11-8(5-19-14)12(17)7-3-2-4-9(16)10(7)13(11)18/h2-5,12,16-17H,1H3. The molecule has 2 aromatic rings. The third-order valence-corrected chi connectivity index (χ3v) is 3.26. The van der Waals surface area contributed by atoms with Crippen LogP contribution in [0.3, 0.4) is 0 Å². The molecular formula is C14H10O5. The molecule has 0 radical (unpaired) electrons. The van der Waals surface area contributed by atoms with Crippen molar-refractivity contribution in [1.29, 1.82) is 0 Å². The van der Waals surface area contributed by atoms with Gasteiger partial charge in [-0.15, -0.1) is 0 Å². The van der Waals surface area contributed by atoms with Crippen LogP contribution < -0.4 is 0 Å². The van der Waals surface area contributed by atoms with Crippen LogP contribution in [-0.2, 0) is 0 Å². The van der Waals surface area contributed by atoms with Crippen LogP contribution in [0.25, 0.3) is 0 Å². The Morgan fingerprint density at radius 1 is 1.26 bits per heavy atom. The molecule has 0 saturated carbocycles. The van der Waals surface area contributed by atoms with E-state index in [1.807, 2.05) is 0 Å². The largest absolute Gasteiger partial charge is 0.507 e. The van der Waals surface area contributed by atoms with Crippen LogP contribution in [0, 0.1) is 0 Å². The lowest BCUT2D eigenvalue weighted by Gasteiger charge is -2.21. The molecule has 1 unspecified atom stereocenters. The number of phenols is 1. The Labute approximate surface area is 108 Å². The summed E-state index contributed by atoms with van der Waals surface area (Å²) in [6.07, 6.45) is 0.119. The van der Waals surface area contributed by atoms with Crippen LogP contribution in [0.4, 0.5) is 0 Å². The summed E-state index contributed by atoms with van der Waals surface area (Å²) in [6.45, 7) is 1.28. The number of fused-ring (bicyclic) bond motifs is 2. The number of hydrogen-bond donors (Lipinski definition) is 2.